The van der Waals surface area contributed by atoms with Crippen LogP contribution in [0, 0.1) is 17.8 Å². The quantitative estimate of drug-likeness (QED) is 0.450. The Balaban J connectivity index is 1.48. The third kappa shape index (κ3) is 3.98. The van der Waals surface area contributed by atoms with Gasteiger partial charge in [0.1, 0.15) is 6.04 Å². The van der Waals surface area contributed by atoms with E-state index in [1.807, 2.05) is 49.4 Å². The maximum atomic E-state index is 14.0. The van der Waals surface area contributed by atoms with Crippen LogP contribution in [0.2, 0.25) is 0 Å². The van der Waals surface area contributed by atoms with Crippen molar-refractivity contribution in [2.45, 2.75) is 55.6 Å². The average molecular weight is 510 g/mol. The van der Waals surface area contributed by atoms with Crippen LogP contribution in [0.25, 0.3) is 10.8 Å². The van der Waals surface area contributed by atoms with E-state index in [0.717, 1.165) is 23.6 Å². The second-order valence-corrected chi connectivity index (χ2v) is 11.9. The van der Waals surface area contributed by atoms with Crippen LogP contribution in [-0.2, 0) is 14.4 Å². The molecule has 3 N–H and O–H groups in total. The van der Waals surface area contributed by atoms with E-state index in [9.17, 15) is 19.5 Å². The molecule has 0 aliphatic carbocycles. The van der Waals surface area contributed by atoms with Crippen LogP contribution in [0.15, 0.2) is 42.5 Å². The van der Waals surface area contributed by atoms with E-state index in [1.165, 1.54) is 0 Å². The number of aliphatic hydroxyl groups excluding tert-OH is 1. The summed E-state index contributed by atoms with van der Waals surface area (Å²) >= 11 is 1.69. The van der Waals surface area contributed by atoms with Gasteiger partial charge in [-0.25, -0.2) is 0 Å². The summed E-state index contributed by atoms with van der Waals surface area (Å²) in [5, 5.41) is 17.6. The molecule has 3 amide bonds. The molecular weight excluding hydrogens is 474 g/mol. The zero-order valence-electron chi connectivity index (χ0n) is 20.9. The molecular formula is C28H35N3O4S. The summed E-state index contributed by atoms with van der Waals surface area (Å²) in [6, 6.07) is 13.2. The van der Waals surface area contributed by atoms with Crippen molar-refractivity contribution >= 4 is 45.9 Å². The SMILES string of the molecule is CCCNC(=O)[C@@H]1[C@@H]2CC(C)C3(S2)C(C(=O)Nc2ccc4ccccc4c2)N(CCCCO)C(=O)[C@H]13. The molecule has 0 aromatic heterocycles. The number of nitrogens with one attached hydrogen (secondary N) is 2. The fourth-order valence-corrected chi connectivity index (χ4v) is 9.02. The molecule has 2 bridgehead atoms. The molecule has 3 aliphatic rings. The first-order valence-electron chi connectivity index (χ1n) is 13.1. The molecule has 3 heterocycles. The van der Waals surface area contributed by atoms with Gasteiger partial charge in [0.2, 0.25) is 17.7 Å². The lowest BCUT2D eigenvalue weighted by atomic mass is 9.66. The van der Waals surface area contributed by atoms with Crippen molar-refractivity contribution in [3.05, 3.63) is 42.5 Å². The topological polar surface area (TPSA) is 98.7 Å². The van der Waals surface area contributed by atoms with E-state index in [4.69, 9.17) is 0 Å². The van der Waals surface area contributed by atoms with E-state index >= 15 is 0 Å². The minimum Gasteiger partial charge on any atom is -0.396 e. The van der Waals surface area contributed by atoms with Crippen molar-refractivity contribution < 1.29 is 19.5 Å². The molecule has 3 saturated heterocycles. The van der Waals surface area contributed by atoms with Crippen molar-refractivity contribution in [3.8, 4) is 0 Å². The minimum atomic E-state index is -0.658. The molecule has 8 heteroatoms. The van der Waals surface area contributed by atoms with E-state index in [1.54, 1.807) is 16.7 Å². The number of likely N-dealkylation sites (tertiary alicyclic amines) is 1. The zero-order valence-corrected chi connectivity index (χ0v) is 21.7. The van der Waals surface area contributed by atoms with Gasteiger partial charge in [0, 0.05) is 30.6 Å². The van der Waals surface area contributed by atoms with Gasteiger partial charge < -0.3 is 20.6 Å². The third-order valence-corrected chi connectivity index (χ3v) is 10.2. The van der Waals surface area contributed by atoms with Crippen molar-refractivity contribution in [2.24, 2.45) is 17.8 Å². The van der Waals surface area contributed by atoms with E-state index < -0.39 is 22.6 Å². The maximum absolute atomic E-state index is 14.0. The van der Waals surface area contributed by atoms with Gasteiger partial charge >= 0.3 is 0 Å². The van der Waals surface area contributed by atoms with Crippen LogP contribution in [0.4, 0.5) is 5.69 Å². The standard InChI is InChI=1S/C28H35N3O4S/c1-3-12-29-25(33)22-21-15-17(2)28(36-21)23(22)27(35)31(13-6-7-14-32)24(28)26(34)30-20-11-10-18-8-4-5-9-19(18)16-20/h4-5,8-11,16-17,21-24,32H,3,6-7,12-15H2,1-2H3,(H,29,33)(H,30,34)/t17?,21-,22+,23-,24?,28?/m0/s1. The van der Waals surface area contributed by atoms with Crippen molar-refractivity contribution in [1.29, 1.82) is 0 Å². The highest BCUT2D eigenvalue weighted by Gasteiger charge is 2.75. The molecule has 192 valence electrons. The zero-order chi connectivity index (χ0) is 25.4. The first kappa shape index (κ1) is 25.1. The number of carbonyl (C=O) groups is 3. The summed E-state index contributed by atoms with van der Waals surface area (Å²) in [6.07, 6.45) is 2.83. The fourth-order valence-electron chi connectivity index (χ4n) is 6.60. The fraction of sp³-hybridized carbons (Fsp3) is 0.536. The summed E-state index contributed by atoms with van der Waals surface area (Å²) in [5.74, 6) is -1.14. The minimum absolute atomic E-state index is 0.0415. The highest BCUT2D eigenvalue weighted by atomic mass is 32.2. The van der Waals surface area contributed by atoms with Crippen LogP contribution in [0.1, 0.15) is 39.5 Å². The van der Waals surface area contributed by atoms with Gasteiger partial charge in [-0.1, -0.05) is 44.2 Å². The predicted molar refractivity (Wildman–Crippen MR) is 143 cm³/mol. The van der Waals surface area contributed by atoms with Crippen molar-refractivity contribution in [1.82, 2.24) is 10.2 Å². The lowest BCUT2D eigenvalue weighted by Crippen LogP contribution is -2.55. The smallest absolute Gasteiger partial charge is 0.248 e. The van der Waals surface area contributed by atoms with Crippen molar-refractivity contribution in [3.63, 3.8) is 0 Å². The molecule has 0 saturated carbocycles. The number of aliphatic hydroxyl groups is 1. The van der Waals surface area contributed by atoms with Crippen LogP contribution in [0.5, 0.6) is 0 Å². The van der Waals surface area contributed by atoms with Gasteiger partial charge in [0.15, 0.2) is 0 Å². The van der Waals surface area contributed by atoms with E-state index in [0.29, 0.717) is 31.6 Å². The molecule has 6 atom stereocenters. The first-order chi connectivity index (χ1) is 17.4. The Kier molecular flexibility index (Phi) is 7.01. The molecule has 5 rings (SSSR count). The molecule has 3 unspecified atom stereocenters. The van der Waals surface area contributed by atoms with Crippen LogP contribution >= 0.6 is 11.8 Å². The Hall–Kier alpha value is -2.58. The number of hydrogen-bond acceptors (Lipinski definition) is 5. The molecule has 2 aromatic rings. The summed E-state index contributed by atoms with van der Waals surface area (Å²) in [5.41, 5.74) is 0.698. The van der Waals surface area contributed by atoms with E-state index in [-0.39, 0.29) is 35.5 Å². The number of thioether (sulfide) groups is 1. The number of amides is 3. The van der Waals surface area contributed by atoms with Gasteiger partial charge in [0.25, 0.3) is 0 Å². The second kappa shape index (κ2) is 10.1. The van der Waals surface area contributed by atoms with Gasteiger partial charge in [-0.2, -0.15) is 0 Å². The number of unbranched alkanes of at least 4 members (excludes halogenated alkanes) is 1. The normalized spacial score (nSPS) is 30.6. The van der Waals surface area contributed by atoms with Gasteiger partial charge in [-0.05, 0) is 54.5 Å². The summed E-state index contributed by atoms with van der Waals surface area (Å²) < 4.78 is -0.629. The number of rotatable bonds is 9. The number of anilines is 1. The van der Waals surface area contributed by atoms with Crippen LogP contribution < -0.4 is 10.6 Å². The van der Waals surface area contributed by atoms with Crippen molar-refractivity contribution in [2.75, 3.05) is 25.0 Å². The lowest BCUT2D eigenvalue weighted by Gasteiger charge is -2.38. The molecule has 36 heavy (non-hydrogen) atoms. The molecule has 1 spiro atoms. The number of carbonyl (C=O) groups excluding carboxylic acids is 3. The molecule has 3 fully saturated rings. The third-order valence-electron chi connectivity index (χ3n) is 8.17. The summed E-state index contributed by atoms with van der Waals surface area (Å²) in [6.45, 7) is 5.16. The summed E-state index contributed by atoms with van der Waals surface area (Å²) in [4.78, 5) is 42.8. The second-order valence-electron chi connectivity index (χ2n) is 10.4. The Morgan fingerprint density at radius 2 is 1.92 bits per heavy atom. The van der Waals surface area contributed by atoms with Gasteiger partial charge in [-0.15, -0.1) is 11.8 Å². The molecule has 2 aromatic carbocycles. The first-order valence-corrected chi connectivity index (χ1v) is 14.0. The largest absolute Gasteiger partial charge is 0.396 e. The lowest BCUT2D eigenvalue weighted by molar-refractivity contribution is -0.139. The van der Waals surface area contributed by atoms with Crippen LogP contribution in [0.3, 0.4) is 0 Å². The monoisotopic (exact) mass is 509 g/mol. The Bertz CT molecular complexity index is 1170. The number of fused-ring (bicyclic) bond motifs is 2. The highest BCUT2D eigenvalue weighted by Crippen LogP contribution is 2.68. The van der Waals surface area contributed by atoms with Gasteiger partial charge in [0.05, 0.1) is 16.6 Å². The van der Waals surface area contributed by atoms with Crippen LogP contribution in [-0.4, -0.2) is 63.5 Å². The number of hydrogen-bond donors (Lipinski definition) is 3. The Morgan fingerprint density at radius 3 is 2.67 bits per heavy atom. The maximum Gasteiger partial charge on any atom is 0.248 e. The molecule has 0 radical (unpaired) electrons. The molecule has 7 nitrogen and oxygen atoms in total. The predicted octanol–water partition coefficient (Wildman–Crippen LogP) is 3.41. The average Bonchev–Trinajstić information content (AvgIpc) is 3.46. The van der Waals surface area contributed by atoms with Gasteiger partial charge in [-0.3, -0.25) is 14.4 Å². The Labute approximate surface area is 216 Å². The number of benzene rings is 2. The Morgan fingerprint density at radius 1 is 1.14 bits per heavy atom. The number of nitrogens with zero attached hydrogens (tertiary/aromatic N) is 1. The summed E-state index contributed by atoms with van der Waals surface area (Å²) in [7, 11) is 0. The van der Waals surface area contributed by atoms with E-state index in [2.05, 4.69) is 17.6 Å². The molecule has 3 aliphatic heterocycles. The highest BCUT2D eigenvalue weighted by molar-refractivity contribution is 8.02.